The summed E-state index contributed by atoms with van der Waals surface area (Å²) in [5.74, 6) is 0.533. The van der Waals surface area contributed by atoms with E-state index in [2.05, 4.69) is 15.2 Å². The van der Waals surface area contributed by atoms with Gasteiger partial charge in [0, 0.05) is 19.3 Å². The lowest BCUT2D eigenvalue weighted by Gasteiger charge is -2.28. The molecule has 0 saturated carbocycles. The molecule has 1 saturated heterocycles. The number of nitrogens with one attached hydrogen (secondary N) is 1. The summed E-state index contributed by atoms with van der Waals surface area (Å²) in [4.78, 5) is 18.0. The number of likely N-dealkylation sites (tertiary alicyclic amines) is 1. The smallest absolute Gasteiger partial charge is 0.239 e. The van der Waals surface area contributed by atoms with E-state index >= 15 is 0 Å². The van der Waals surface area contributed by atoms with E-state index in [9.17, 15) is 9.90 Å². The number of carbonyl (C=O) groups excluding carboxylic acids is 1. The Hall–Kier alpha value is -1.46. The van der Waals surface area contributed by atoms with Crippen molar-refractivity contribution in [3.8, 4) is 0 Å². The summed E-state index contributed by atoms with van der Waals surface area (Å²) in [6.45, 7) is 3.87. The molecule has 0 atom stereocenters. The summed E-state index contributed by atoms with van der Waals surface area (Å²) >= 11 is 0. The molecule has 1 aliphatic heterocycles. The summed E-state index contributed by atoms with van der Waals surface area (Å²) in [5, 5.41) is 12.2. The average Bonchev–Trinajstić information content (AvgIpc) is 2.35. The van der Waals surface area contributed by atoms with Crippen LogP contribution in [0.25, 0.3) is 0 Å². The van der Waals surface area contributed by atoms with Crippen LogP contribution in [0.3, 0.4) is 0 Å². The number of amides is 1. The maximum absolute atomic E-state index is 11.8. The van der Waals surface area contributed by atoms with Gasteiger partial charge in [-0.25, -0.2) is 4.98 Å². The van der Waals surface area contributed by atoms with Gasteiger partial charge in [0.25, 0.3) is 0 Å². The van der Waals surface area contributed by atoms with Crippen LogP contribution in [-0.4, -0.2) is 46.6 Å². The largest absolute Gasteiger partial charge is 0.393 e. The quantitative estimate of drug-likeness (QED) is 0.831. The molecule has 0 bridgehead atoms. The minimum atomic E-state index is -0.205. The maximum atomic E-state index is 11.8. The van der Waals surface area contributed by atoms with Crippen LogP contribution in [0.2, 0.25) is 0 Å². The lowest BCUT2D eigenvalue weighted by Crippen LogP contribution is -2.40. The zero-order chi connectivity index (χ0) is 13.0. The molecule has 1 aromatic heterocycles. The van der Waals surface area contributed by atoms with Gasteiger partial charge in [0.2, 0.25) is 5.91 Å². The number of hydrogen-bond donors (Lipinski definition) is 2. The molecule has 0 radical (unpaired) electrons. The number of anilines is 1. The highest BCUT2D eigenvalue weighted by Crippen LogP contribution is 2.10. The van der Waals surface area contributed by atoms with Gasteiger partial charge in [-0.05, 0) is 31.4 Å². The lowest BCUT2D eigenvalue weighted by atomic mass is 10.1. The first-order chi connectivity index (χ1) is 8.63. The molecule has 18 heavy (non-hydrogen) atoms. The van der Waals surface area contributed by atoms with E-state index < -0.39 is 0 Å². The number of hydrogen-bond acceptors (Lipinski definition) is 4. The first kappa shape index (κ1) is 13.0. The Kier molecular flexibility index (Phi) is 4.28. The third-order valence-electron chi connectivity index (χ3n) is 3.10. The third-order valence-corrected chi connectivity index (χ3v) is 3.10. The minimum Gasteiger partial charge on any atom is -0.393 e. The maximum Gasteiger partial charge on any atom is 0.239 e. The Morgan fingerprint density at radius 1 is 1.50 bits per heavy atom. The Morgan fingerprint density at radius 3 is 2.83 bits per heavy atom. The molecule has 0 spiro atoms. The Morgan fingerprint density at radius 2 is 2.22 bits per heavy atom. The monoisotopic (exact) mass is 249 g/mol. The number of aliphatic hydroxyl groups excluding tert-OH is 1. The second-order valence-corrected chi connectivity index (χ2v) is 4.78. The molecule has 98 valence electrons. The van der Waals surface area contributed by atoms with Crippen LogP contribution in [0.1, 0.15) is 18.4 Å². The molecular weight excluding hydrogens is 230 g/mol. The fraction of sp³-hybridized carbons (Fsp3) is 0.538. The molecule has 0 aromatic carbocycles. The first-order valence-corrected chi connectivity index (χ1v) is 6.26. The molecule has 1 fully saturated rings. The Labute approximate surface area is 107 Å². The topological polar surface area (TPSA) is 65.5 Å². The van der Waals surface area contributed by atoms with Gasteiger partial charge in [-0.3, -0.25) is 9.69 Å². The highest BCUT2D eigenvalue weighted by Gasteiger charge is 2.18. The number of pyridine rings is 1. The molecule has 2 N–H and O–H groups in total. The molecular formula is C13H19N3O2. The van der Waals surface area contributed by atoms with E-state index in [0.29, 0.717) is 12.4 Å². The van der Waals surface area contributed by atoms with Crippen molar-refractivity contribution in [3.63, 3.8) is 0 Å². The molecule has 1 aliphatic rings. The molecule has 2 heterocycles. The van der Waals surface area contributed by atoms with Crippen LogP contribution in [0.5, 0.6) is 0 Å². The van der Waals surface area contributed by atoms with E-state index in [1.807, 2.05) is 13.0 Å². The lowest BCUT2D eigenvalue weighted by molar-refractivity contribution is -0.117. The second-order valence-electron chi connectivity index (χ2n) is 4.78. The number of aliphatic hydroxyl groups is 1. The normalized spacial score (nSPS) is 17.7. The van der Waals surface area contributed by atoms with Crippen molar-refractivity contribution in [3.05, 3.63) is 23.9 Å². The number of piperidine rings is 1. The molecule has 5 nitrogen and oxygen atoms in total. The average molecular weight is 249 g/mol. The highest BCUT2D eigenvalue weighted by molar-refractivity contribution is 5.91. The van der Waals surface area contributed by atoms with Gasteiger partial charge < -0.3 is 10.4 Å². The van der Waals surface area contributed by atoms with Crippen molar-refractivity contribution in [2.75, 3.05) is 25.0 Å². The third kappa shape index (κ3) is 3.78. The Balaban J connectivity index is 1.80. The van der Waals surface area contributed by atoms with E-state index in [1.54, 1.807) is 12.3 Å². The van der Waals surface area contributed by atoms with Crippen molar-refractivity contribution >= 4 is 11.7 Å². The van der Waals surface area contributed by atoms with Crippen molar-refractivity contribution in [2.24, 2.45) is 0 Å². The molecule has 0 unspecified atom stereocenters. The summed E-state index contributed by atoms with van der Waals surface area (Å²) in [6.07, 6.45) is 3.02. The highest BCUT2D eigenvalue weighted by atomic mass is 16.3. The van der Waals surface area contributed by atoms with Crippen molar-refractivity contribution < 1.29 is 9.90 Å². The standard InChI is InChI=1S/C13H19N3O2/c1-10-2-3-12(14-8-10)15-13(18)9-16-6-4-11(17)5-7-16/h2-3,8,11,17H,4-7,9H2,1H3,(H,14,15,18). The molecule has 2 rings (SSSR count). The van der Waals surface area contributed by atoms with Crippen molar-refractivity contribution in [1.82, 2.24) is 9.88 Å². The van der Waals surface area contributed by atoms with Gasteiger partial charge in [0.15, 0.2) is 0 Å². The molecule has 1 aromatic rings. The SMILES string of the molecule is Cc1ccc(NC(=O)CN2CCC(O)CC2)nc1. The van der Waals surface area contributed by atoms with Gasteiger partial charge in [-0.1, -0.05) is 6.07 Å². The van der Waals surface area contributed by atoms with Gasteiger partial charge >= 0.3 is 0 Å². The zero-order valence-electron chi connectivity index (χ0n) is 10.6. The predicted octanol–water partition coefficient (Wildman–Crippen LogP) is 0.785. The summed E-state index contributed by atoms with van der Waals surface area (Å²) < 4.78 is 0. The number of aryl methyl sites for hydroxylation is 1. The minimum absolute atomic E-state index is 0.0530. The summed E-state index contributed by atoms with van der Waals surface area (Å²) in [6, 6.07) is 3.72. The number of carbonyl (C=O) groups is 1. The fourth-order valence-corrected chi connectivity index (χ4v) is 2.00. The second kappa shape index (κ2) is 5.93. The Bertz CT molecular complexity index is 397. The molecule has 1 amide bonds. The van der Waals surface area contributed by atoms with E-state index in [1.165, 1.54) is 0 Å². The van der Waals surface area contributed by atoms with Gasteiger partial charge in [0.1, 0.15) is 5.82 Å². The van der Waals surface area contributed by atoms with Crippen molar-refractivity contribution in [2.45, 2.75) is 25.9 Å². The van der Waals surface area contributed by atoms with E-state index in [-0.39, 0.29) is 12.0 Å². The van der Waals surface area contributed by atoms with Crippen LogP contribution in [-0.2, 0) is 4.79 Å². The summed E-state index contributed by atoms with van der Waals surface area (Å²) in [7, 11) is 0. The van der Waals surface area contributed by atoms with Crippen LogP contribution in [0.15, 0.2) is 18.3 Å². The van der Waals surface area contributed by atoms with Crippen LogP contribution < -0.4 is 5.32 Å². The molecule has 5 heteroatoms. The van der Waals surface area contributed by atoms with Crippen LogP contribution in [0, 0.1) is 6.92 Å². The number of rotatable bonds is 3. The van der Waals surface area contributed by atoms with Gasteiger partial charge in [0.05, 0.1) is 12.6 Å². The van der Waals surface area contributed by atoms with Gasteiger partial charge in [-0.2, -0.15) is 0 Å². The van der Waals surface area contributed by atoms with E-state index in [4.69, 9.17) is 0 Å². The predicted molar refractivity (Wildman–Crippen MR) is 69.3 cm³/mol. The zero-order valence-corrected chi connectivity index (χ0v) is 10.6. The number of aromatic nitrogens is 1. The van der Waals surface area contributed by atoms with Crippen LogP contribution in [0.4, 0.5) is 5.82 Å². The van der Waals surface area contributed by atoms with E-state index in [0.717, 1.165) is 31.5 Å². The van der Waals surface area contributed by atoms with Gasteiger partial charge in [-0.15, -0.1) is 0 Å². The summed E-state index contributed by atoms with van der Waals surface area (Å²) in [5.41, 5.74) is 1.07. The van der Waals surface area contributed by atoms with Crippen molar-refractivity contribution in [1.29, 1.82) is 0 Å². The fourth-order valence-electron chi connectivity index (χ4n) is 2.00. The molecule has 0 aliphatic carbocycles. The first-order valence-electron chi connectivity index (χ1n) is 6.26. The van der Waals surface area contributed by atoms with Crippen LogP contribution >= 0.6 is 0 Å². The number of nitrogens with zero attached hydrogens (tertiary/aromatic N) is 2.